The minimum atomic E-state index is -0.946. The number of nitro groups is 1. The van der Waals surface area contributed by atoms with Crippen LogP contribution in [-0.4, -0.2) is 18.0 Å². The smallest absolute Gasteiger partial charge is 0.328 e. The van der Waals surface area contributed by atoms with Crippen molar-refractivity contribution in [2.45, 2.75) is 6.04 Å². The average Bonchev–Trinajstić information content (AvgIpc) is 2.64. The molecule has 1 rings (SSSR count). The maximum absolute atomic E-state index is 11.0. The minimum absolute atomic E-state index is 0.0423. The van der Waals surface area contributed by atoms with Gasteiger partial charge in [-0.05, 0) is 6.07 Å². The highest BCUT2D eigenvalue weighted by atomic mass is 32.1. The molecule has 1 aromatic rings. The third-order valence-corrected chi connectivity index (χ3v) is 2.67. The lowest BCUT2D eigenvalue weighted by molar-refractivity contribution is -0.380. The number of methoxy groups -OCH3 is 1. The fraction of sp³-hybridized carbons (Fsp3) is 0.286. The Labute approximate surface area is 83.4 Å². The van der Waals surface area contributed by atoms with Crippen molar-refractivity contribution in [2.24, 2.45) is 5.73 Å². The summed E-state index contributed by atoms with van der Waals surface area (Å²) in [6.45, 7) is 0. The van der Waals surface area contributed by atoms with E-state index in [1.165, 1.54) is 19.2 Å². The summed E-state index contributed by atoms with van der Waals surface area (Å²) in [5, 5.41) is 10.3. The van der Waals surface area contributed by atoms with Gasteiger partial charge < -0.3 is 10.5 Å². The first-order valence-electron chi connectivity index (χ1n) is 3.63. The minimum Gasteiger partial charge on any atom is -0.468 e. The lowest BCUT2D eigenvalue weighted by atomic mass is 10.2. The topological polar surface area (TPSA) is 95.5 Å². The molecule has 7 heteroatoms. The largest absolute Gasteiger partial charge is 0.468 e. The Morgan fingerprint density at radius 2 is 2.36 bits per heavy atom. The fourth-order valence-electron chi connectivity index (χ4n) is 0.851. The van der Waals surface area contributed by atoms with E-state index in [4.69, 9.17) is 5.73 Å². The molecule has 0 bridgehead atoms. The molecular formula is C7H8N2O4S. The van der Waals surface area contributed by atoms with E-state index in [1.807, 2.05) is 0 Å². The van der Waals surface area contributed by atoms with Gasteiger partial charge >= 0.3 is 11.0 Å². The molecule has 0 aliphatic heterocycles. The molecule has 1 heterocycles. The van der Waals surface area contributed by atoms with E-state index in [1.54, 1.807) is 0 Å². The molecule has 0 saturated carbocycles. The average molecular weight is 216 g/mol. The van der Waals surface area contributed by atoms with Crippen LogP contribution in [-0.2, 0) is 9.53 Å². The fourth-order valence-corrected chi connectivity index (χ4v) is 1.66. The van der Waals surface area contributed by atoms with Crippen LogP contribution in [0.3, 0.4) is 0 Å². The first-order chi connectivity index (χ1) is 6.56. The standard InChI is InChI=1S/C7H8N2O4S/c1-13-7(10)6(8)4-2-3-5(14-4)9(11)12/h2-3,6H,8H2,1H3/t6-/m1/s1. The van der Waals surface area contributed by atoms with E-state index in [-0.39, 0.29) is 5.00 Å². The molecule has 0 aliphatic carbocycles. The highest BCUT2D eigenvalue weighted by Crippen LogP contribution is 2.28. The lowest BCUT2D eigenvalue weighted by Crippen LogP contribution is -2.21. The first kappa shape index (κ1) is 10.6. The van der Waals surface area contributed by atoms with Crippen molar-refractivity contribution >= 4 is 22.3 Å². The summed E-state index contributed by atoms with van der Waals surface area (Å²) in [5.74, 6) is -0.609. The predicted molar refractivity (Wildman–Crippen MR) is 49.9 cm³/mol. The summed E-state index contributed by atoms with van der Waals surface area (Å²) >= 11 is 0.868. The van der Waals surface area contributed by atoms with Gasteiger partial charge in [0.25, 0.3) is 0 Å². The van der Waals surface area contributed by atoms with Gasteiger partial charge in [0.1, 0.15) is 6.04 Å². The number of esters is 1. The van der Waals surface area contributed by atoms with E-state index in [2.05, 4.69) is 4.74 Å². The Balaban J connectivity index is 2.86. The van der Waals surface area contributed by atoms with Crippen LogP contribution in [0.25, 0.3) is 0 Å². The summed E-state index contributed by atoms with van der Waals surface area (Å²) in [7, 11) is 1.21. The molecule has 0 fully saturated rings. The molecule has 0 amide bonds. The maximum Gasteiger partial charge on any atom is 0.328 e. The molecule has 1 aromatic heterocycles. The van der Waals surface area contributed by atoms with Crippen molar-refractivity contribution in [3.8, 4) is 0 Å². The Morgan fingerprint density at radius 3 is 2.79 bits per heavy atom. The van der Waals surface area contributed by atoms with Gasteiger partial charge in [-0.2, -0.15) is 0 Å². The molecule has 1 atom stereocenters. The van der Waals surface area contributed by atoms with E-state index < -0.39 is 16.9 Å². The highest BCUT2D eigenvalue weighted by molar-refractivity contribution is 7.15. The van der Waals surface area contributed by atoms with Crippen LogP contribution < -0.4 is 5.73 Å². The van der Waals surface area contributed by atoms with Gasteiger partial charge in [0.15, 0.2) is 0 Å². The van der Waals surface area contributed by atoms with Gasteiger partial charge in [0.2, 0.25) is 0 Å². The number of ether oxygens (including phenoxy) is 1. The number of nitrogens with zero attached hydrogens (tertiary/aromatic N) is 1. The Hall–Kier alpha value is -1.47. The SMILES string of the molecule is COC(=O)[C@H](N)c1ccc([N+](=O)[O-])s1. The third-order valence-electron chi connectivity index (χ3n) is 1.55. The molecule has 0 saturated heterocycles. The first-order valence-corrected chi connectivity index (χ1v) is 4.45. The van der Waals surface area contributed by atoms with Crippen LogP contribution in [0.1, 0.15) is 10.9 Å². The predicted octanol–water partition coefficient (Wildman–Crippen LogP) is 0.829. The summed E-state index contributed by atoms with van der Waals surface area (Å²) in [5.41, 5.74) is 5.48. The van der Waals surface area contributed by atoms with Crippen molar-refractivity contribution in [1.29, 1.82) is 0 Å². The zero-order chi connectivity index (χ0) is 10.7. The zero-order valence-electron chi connectivity index (χ0n) is 7.30. The molecular weight excluding hydrogens is 208 g/mol. The van der Waals surface area contributed by atoms with Gasteiger partial charge in [0, 0.05) is 10.9 Å². The number of hydrogen-bond acceptors (Lipinski definition) is 6. The molecule has 6 nitrogen and oxygen atoms in total. The van der Waals surface area contributed by atoms with Crippen LogP contribution in [0, 0.1) is 10.1 Å². The quantitative estimate of drug-likeness (QED) is 0.458. The molecule has 76 valence electrons. The number of rotatable bonds is 3. The lowest BCUT2D eigenvalue weighted by Gasteiger charge is -2.04. The second-order valence-electron chi connectivity index (χ2n) is 2.43. The van der Waals surface area contributed by atoms with Crippen LogP contribution in [0.15, 0.2) is 12.1 Å². The highest BCUT2D eigenvalue weighted by Gasteiger charge is 2.21. The van der Waals surface area contributed by atoms with Gasteiger partial charge in [-0.1, -0.05) is 11.3 Å². The summed E-state index contributed by atoms with van der Waals surface area (Å²) in [4.78, 5) is 21.2. The zero-order valence-corrected chi connectivity index (χ0v) is 8.11. The second kappa shape index (κ2) is 4.16. The molecule has 0 spiro atoms. The second-order valence-corrected chi connectivity index (χ2v) is 3.53. The van der Waals surface area contributed by atoms with Crippen molar-refractivity contribution in [3.05, 3.63) is 27.1 Å². The van der Waals surface area contributed by atoms with Gasteiger partial charge in [-0.3, -0.25) is 10.1 Å². The third kappa shape index (κ3) is 2.06. The molecule has 0 unspecified atom stereocenters. The summed E-state index contributed by atoms with van der Waals surface area (Å²) < 4.78 is 4.41. The maximum atomic E-state index is 11.0. The Morgan fingerprint density at radius 1 is 1.71 bits per heavy atom. The van der Waals surface area contributed by atoms with E-state index in [9.17, 15) is 14.9 Å². The van der Waals surface area contributed by atoms with Crippen molar-refractivity contribution in [1.82, 2.24) is 0 Å². The normalized spacial score (nSPS) is 12.1. The van der Waals surface area contributed by atoms with Gasteiger partial charge in [-0.15, -0.1) is 0 Å². The Kier molecular flexibility index (Phi) is 3.15. The van der Waals surface area contributed by atoms with Crippen molar-refractivity contribution < 1.29 is 14.5 Å². The molecule has 0 radical (unpaired) electrons. The monoisotopic (exact) mass is 216 g/mol. The van der Waals surface area contributed by atoms with Crippen LogP contribution in [0.2, 0.25) is 0 Å². The number of thiophene rings is 1. The van der Waals surface area contributed by atoms with Crippen LogP contribution >= 0.6 is 11.3 Å². The Bertz CT molecular complexity index is 362. The molecule has 0 aliphatic rings. The summed E-state index contributed by atoms with van der Waals surface area (Å²) in [6.07, 6.45) is 0. The molecule has 2 N–H and O–H groups in total. The number of hydrogen-bond donors (Lipinski definition) is 1. The van der Waals surface area contributed by atoms with Crippen molar-refractivity contribution in [2.75, 3.05) is 7.11 Å². The number of carbonyl (C=O) groups is 1. The van der Waals surface area contributed by atoms with Crippen LogP contribution in [0.4, 0.5) is 5.00 Å². The van der Waals surface area contributed by atoms with E-state index in [0.717, 1.165) is 11.3 Å². The number of nitrogens with two attached hydrogens (primary N) is 1. The van der Waals surface area contributed by atoms with Gasteiger partial charge in [-0.25, -0.2) is 4.79 Å². The molecule has 0 aromatic carbocycles. The van der Waals surface area contributed by atoms with E-state index in [0.29, 0.717) is 4.88 Å². The summed E-state index contributed by atoms with van der Waals surface area (Å²) in [6, 6.07) is 1.81. The van der Waals surface area contributed by atoms with E-state index >= 15 is 0 Å². The molecule has 14 heavy (non-hydrogen) atoms. The van der Waals surface area contributed by atoms with Crippen molar-refractivity contribution in [3.63, 3.8) is 0 Å². The van der Waals surface area contributed by atoms with Crippen LogP contribution in [0.5, 0.6) is 0 Å². The number of carbonyl (C=O) groups excluding carboxylic acids is 1. The van der Waals surface area contributed by atoms with Gasteiger partial charge in [0.05, 0.1) is 12.0 Å².